The van der Waals surface area contributed by atoms with Crippen molar-refractivity contribution in [2.45, 2.75) is 61.3 Å². The first kappa shape index (κ1) is 29.4. The van der Waals surface area contributed by atoms with Gasteiger partial charge in [0.05, 0.1) is 0 Å². The van der Waals surface area contributed by atoms with Crippen molar-refractivity contribution in [1.82, 2.24) is 0 Å². The van der Waals surface area contributed by atoms with Crippen LogP contribution in [0.2, 0.25) is 34.6 Å². The van der Waals surface area contributed by atoms with E-state index in [4.69, 9.17) is 0 Å². The van der Waals surface area contributed by atoms with E-state index in [0.29, 0.717) is 0 Å². The Morgan fingerprint density at radius 3 is 1.18 bits per heavy atom. The maximum atomic E-state index is 2.54. The van der Waals surface area contributed by atoms with Crippen LogP contribution in [-0.4, -0.2) is 28.1 Å². The van der Waals surface area contributed by atoms with Crippen molar-refractivity contribution in [3.05, 3.63) is 133 Å². The second kappa shape index (κ2) is 13.7. The van der Waals surface area contributed by atoms with Gasteiger partial charge in [-0.2, -0.15) is 21.9 Å². The number of rotatable bonds is 7. The van der Waals surface area contributed by atoms with Gasteiger partial charge in [-0.25, -0.2) is 0 Å². The smallest absolute Gasteiger partial charge is 0.108 e. The third-order valence-corrected chi connectivity index (χ3v) is 15.9. The van der Waals surface area contributed by atoms with Gasteiger partial charge >= 0.3 is 95.0 Å². The van der Waals surface area contributed by atoms with Gasteiger partial charge < -0.3 is 0 Å². The molecule has 1 fully saturated rings. The van der Waals surface area contributed by atoms with Crippen LogP contribution in [0.25, 0.3) is 0 Å². The van der Waals surface area contributed by atoms with Crippen molar-refractivity contribution in [2.24, 2.45) is 0 Å². The molecule has 4 aromatic rings. The molecule has 0 bridgehead atoms. The number of hydrogen-bond donors (Lipinski definition) is 0. The normalized spacial score (nSPS) is 18.1. The van der Waals surface area contributed by atoms with Gasteiger partial charge in [0.1, 0.15) is 6.15 Å². The Balaban J connectivity index is 0.000000215. The molecule has 1 aliphatic heterocycles. The van der Waals surface area contributed by atoms with E-state index in [-0.39, 0.29) is 13.9 Å². The van der Waals surface area contributed by atoms with Gasteiger partial charge in [0.25, 0.3) is 0 Å². The van der Waals surface area contributed by atoms with E-state index in [1.807, 2.05) is 0 Å². The van der Waals surface area contributed by atoms with Crippen molar-refractivity contribution in [2.75, 3.05) is 0 Å². The van der Waals surface area contributed by atoms with Crippen LogP contribution in [-0.2, 0) is 0 Å². The summed E-state index contributed by atoms with van der Waals surface area (Å²) >= 11 is -0.285. The van der Waals surface area contributed by atoms with E-state index in [1.165, 1.54) is 40.0 Å². The van der Waals surface area contributed by atoms with Crippen LogP contribution >= 0.6 is 0 Å². The van der Waals surface area contributed by atoms with Crippen LogP contribution in [0.5, 0.6) is 0 Å². The molecule has 0 radical (unpaired) electrons. The molecule has 1 aliphatic rings. The maximum Gasteiger partial charge on any atom is 0.108 e. The summed E-state index contributed by atoms with van der Waals surface area (Å²) in [6.07, 6.45) is 4.32. The summed E-state index contributed by atoms with van der Waals surface area (Å²) < 4.78 is 0. The first-order valence-corrected chi connectivity index (χ1v) is 21.3. The van der Waals surface area contributed by atoms with E-state index in [9.17, 15) is 0 Å². The van der Waals surface area contributed by atoms with Crippen LogP contribution in [0.15, 0.2) is 133 Å². The van der Waals surface area contributed by atoms with Crippen LogP contribution < -0.4 is 21.9 Å². The summed E-state index contributed by atoms with van der Waals surface area (Å²) in [6.45, 7) is 12.2. The maximum absolute atomic E-state index is 2.54. The molecule has 0 unspecified atom stereocenters. The molecule has 0 aromatic heterocycles. The summed E-state index contributed by atoms with van der Waals surface area (Å²) in [5.74, 6) is 0. The fourth-order valence-corrected chi connectivity index (χ4v) is 12.9. The molecule has 1 heterocycles. The Morgan fingerprint density at radius 2 is 0.897 bits per heavy atom. The van der Waals surface area contributed by atoms with E-state index >= 15 is 0 Å². The van der Waals surface area contributed by atoms with Crippen LogP contribution in [0, 0.1) is 0 Å². The monoisotopic (exact) mass is 596 g/mol. The van der Waals surface area contributed by atoms with Crippen molar-refractivity contribution >= 4 is 50.0 Å². The average molecular weight is 596 g/mol. The molecular formula is C36H45BSeSi. The molecule has 0 spiro atoms. The average Bonchev–Trinajstić information content (AvgIpc) is 3.28. The first-order valence-electron chi connectivity index (χ1n) is 14.6. The fourth-order valence-electron chi connectivity index (χ4n) is 6.13. The second-order valence-electron chi connectivity index (χ2n) is 12.1. The number of benzene rings is 4. The topological polar surface area (TPSA) is 0 Å². The third-order valence-electron chi connectivity index (χ3n) is 8.12. The predicted molar refractivity (Wildman–Crippen MR) is 181 cm³/mol. The first-order chi connectivity index (χ1) is 18.8. The van der Waals surface area contributed by atoms with E-state index < -0.39 is 14.2 Å². The van der Waals surface area contributed by atoms with Gasteiger partial charge in [-0.1, -0.05) is 121 Å². The molecule has 0 amide bonds. The minimum absolute atomic E-state index is 0.285. The summed E-state index contributed by atoms with van der Waals surface area (Å²) in [6, 6.07) is 43.5. The van der Waals surface area contributed by atoms with E-state index in [0.717, 1.165) is 9.63 Å². The van der Waals surface area contributed by atoms with Crippen LogP contribution in [0.4, 0.5) is 0 Å². The quantitative estimate of drug-likeness (QED) is 0.194. The Kier molecular flexibility index (Phi) is 10.3. The third kappa shape index (κ3) is 7.34. The fraction of sp³-hybridized carbons (Fsp3) is 0.278. The summed E-state index contributed by atoms with van der Waals surface area (Å²) in [5, 5.41) is 1.45. The zero-order valence-corrected chi connectivity index (χ0v) is 27.2. The summed E-state index contributed by atoms with van der Waals surface area (Å²) in [7, 11) is -0.934. The van der Waals surface area contributed by atoms with E-state index in [1.54, 1.807) is 0 Å². The Labute approximate surface area is 243 Å². The molecule has 0 nitrogen and oxygen atoms in total. The van der Waals surface area contributed by atoms with Gasteiger partial charge in [0.15, 0.2) is 0 Å². The zero-order valence-electron chi connectivity index (χ0n) is 24.5. The standard InChI is InChI=1S/C24H20B.C12H25SeSi/c1-5-13-21(14-6-1)25(22-15-7-2-8-16-22,23-17-9-3-10-18-23)24-19-11-4-12-20-24;1-11-7-8-12(2)13(11)9-6-10-14(3,4)5/h1-20H;6,10-12H,7-9H2,1-5H3/q-1;+1/b;10-6+/t;11-,12-/m.1/s1. The Morgan fingerprint density at radius 1 is 0.590 bits per heavy atom. The minimum Gasteiger partial charge on any atom is -0.195 e. The summed E-state index contributed by atoms with van der Waals surface area (Å²) in [4.78, 5) is 2.16. The molecule has 2 atom stereocenters. The number of hydrogen-bond acceptors (Lipinski definition) is 0. The SMILES string of the molecule is C[C@@H]1CC[C@@H](C)[Se+]1C/C=C/[Si](C)(C)C.c1ccc([B-](c2ccccc2)(c2ccccc2)c2ccccc2)cc1. The Hall–Kier alpha value is -2.58. The predicted octanol–water partition coefficient (Wildman–Crippen LogP) is 7.55. The van der Waals surface area contributed by atoms with Crippen LogP contribution in [0.1, 0.15) is 26.7 Å². The molecule has 4 aromatic carbocycles. The molecule has 5 rings (SSSR count). The molecule has 1 saturated heterocycles. The zero-order chi connectivity index (χ0) is 27.7. The van der Waals surface area contributed by atoms with Crippen molar-refractivity contribution in [3.63, 3.8) is 0 Å². The number of allylic oxidation sites excluding steroid dienone is 1. The molecule has 202 valence electrons. The molecular weight excluding hydrogens is 550 g/mol. The van der Waals surface area contributed by atoms with Crippen molar-refractivity contribution < 1.29 is 0 Å². The van der Waals surface area contributed by atoms with Crippen LogP contribution in [0.3, 0.4) is 0 Å². The van der Waals surface area contributed by atoms with Crippen molar-refractivity contribution in [3.8, 4) is 0 Å². The van der Waals surface area contributed by atoms with E-state index in [2.05, 4.69) is 167 Å². The van der Waals surface area contributed by atoms with Gasteiger partial charge in [-0.05, 0) is 0 Å². The van der Waals surface area contributed by atoms with Gasteiger partial charge in [0.2, 0.25) is 0 Å². The van der Waals surface area contributed by atoms with Gasteiger partial charge in [0, 0.05) is 0 Å². The molecule has 0 saturated carbocycles. The second-order valence-corrected chi connectivity index (χ2v) is 23.2. The van der Waals surface area contributed by atoms with Gasteiger partial charge in [-0.3, -0.25) is 0 Å². The minimum atomic E-state index is -1.22. The molecule has 0 aliphatic carbocycles. The molecule has 0 N–H and O–H groups in total. The molecule has 3 heteroatoms. The Bertz CT molecular complexity index is 1110. The summed E-state index contributed by atoms with van der Waals surface area (Å²) in [5.41, 5.74) is 7.89. The van der Waals surface area contributed by atoms with Gasteiger partial charge in [-0.15, -0.1) is 0 Å². The molecule has 39 heavy (non-hydrogen) atoms. The largest absolute Gasteiger partial charge is 0.195 e. The van der Waals surface area contributed by atoms with Crippen molar-refractivity contribution in [1.29, 1.82) is 0 Å².